The highest BCUT2D eigenvalue weighted by molar-refractivity contribution is 6.30. The molecule has 1 rings (SSSR count). The third kappa shape index (κ3) is 2.75. The van der Waals surface area contributed by atoms with E-state index in [9.17, 15) is 10.2 Å². The minimum atomic E-state index is -0.831. The average molecular weight is 232 g/mol. The van der Waals surface area contributed by atoms with Crippen molar-refractivity contribution in [2.24, 2.45) is 5.73 Å². The van der Waals surface area contributed by atoms with E-state index < -0.39 is 6.10 Å². The van der Waals surface area contributed by atoms with Crippen LogP contribution in [0.1, 0.15) is 18.1 Å². The Morgan fingerprint density at radius 2 is 2.20 bits per heavy atom. The molecule has 0 unspecified atom stereocenters. The first kappa shape index (κ1) is 12.1. The first-order chi connectivity index (χ1) is 7.10. The van der Waals surface area contributed by atoms with Gasteiger partial charge in [0.15, 0.2) is 11.5 Å². The summed E-state index contributed by atoms with van der Waals surface area (Å²) in [5.74, 6) is 0.149. The number of benzene rings is 1. The highest BCUT2D eigenvalue weighted by atomic mass is 35.5. The third-order valence-corrected chi connectivity index (χ3v) is 2.31. The van der Waals surface area contributed by atoms with E-state index in [1.807, 2.05) is 0 Å². The van der Waals surface area contributed by atoms with Gasteiger partial charge in [0.1, 0.15) is 0 Å². The quantitative estimate of drug-likeness (QED) is 0.733. The van der Waals surface area contributed by atoms with Crippen LogP contribution in [0.2, 0.25) is 5.02 Å². The van der Waals surface area contributed by atoms with Crippen LogP contribution < -0.4 is 10.5 Å². The lowest BCUT2D eigenvalue weighted by molar-refractivity contribution is 0.165. The predicted octanol–water partition coefficient (Wildman–Crippen LogP) is 1.44. The topological polar surface area (TPSA) is 75.7 Å². The Bertz CT molecular complexity index is 344. The zero-order valence-corrected chi connectivity index (χ0v) is 9.16. The molecule has 0 aliphatic heterocycles. The number of phenols is 1. The maximum absolute atomic E-state index is 9.73. The van der Waals surface area contributed by atoms with Crippen LogP contribution in [0.15, 0.2) is 12.1 Å². The molecule has 15 heavy (non-hydrogen) atoms. The number of rotatable bonds is 4. The van der Waals surface area contributed by atoms with Gasteiger partial charge in [0.05, 0.1) is 13.2 Å². The highest BCUT2D eigenvalue weighted by Crippen LogP contribution is 2.37. The van der Waals surface area contributed by atoms with Gasteiger partial charge in [-0.1, -0.05) is 11.6 Å². The molecule has 1 aromatic rings. The maximum Gasteiger partial charge on any atom is 0.163 e. The third-order valence-electron chi connectivity index (χ3n) is 2.09. The lowest BCUT2D eigenvalue weighted by Crippen LogP contribution is -2.07. The highest BCUT2D eigenvalue weighted by Gasteiger charge is 2.16. The minimum absolute atomic E-state index is 0.0946. The second-order valence-electron chi connectivity index (χ2n) is 3.14. The van der Waals surface area contributed by atoms with Crippen LogP contribution in [0.4, 0.5) is 0 Å². The Kier molecular flexibility index (Phi) is 4.20. The maximum atomic E-state index is 9.73. The molecule has 0 aromatic heterocycles. The molecule has 0 radical (unpaired) electrons. The van der Waals surface area contributed by atoms with Crippen LogP contribution in [-0.4, -0.2) is 23.9 Å². The van der Waals surface area contributed by atoms with Crippen molar-refractivity contribution >= 4 is 11.6 Å². The van der Waals surface area contributed by atoms with Crippen molar-refractivity contribution in [3.05, 3.63) is 22.7 Å². The van der Waals surface area contributed by atoms with E-state index in [0.29, 0.717) is 23.6 Å². The number of phenolic OH excluding ortho intramolecular Hbond substituents is 1. The van der Waals surface area contributed by atoms with E-state index >= 15 is 0 Å². The van der Waals surface area contributed by atoms with Gasteiger partial charge in [0.25, 0.3) is 0 Å². The fourth-order valence-electron chi connectivity index (χ4n) is 1.32. The van der Waals surface area contributed by atoms with E-state index in [-0.39, 0.29) is 11.5 Å². The van der Waals surface area contributed by atoms with Crippen molar-refractivity contribution in [1.82, 2.24) is 0 Å². The average Bonchev–Trinajstić information content (AvgIpc) is 2.21. The Balaban J connectivity index is 3.11. The molecule has 0 aliphatic rings. The van der Waals surface area contributed by atoms with Crippen LogP contribution in [0, 0.1) is 0 Å². The summed E-state index contributed by atoms with van der Waals surface area (Å²) in [6, 6.07) is 2.98. The van der Waals surface area contributed by atoms with Crippen LogP contribution in [0.25, 0.3) is 0 Å². The molecule has 0 fully saturated rings. The van der Waals surface area contributed by atoms with Gasteiger partial charge in [-0.2, -0.15) is 0 Å². The Hall–Kier alpha value is -0.970. The van der Waals surface area contributed by atoms with Crippen molar-refractivity contribution in [2.75, 3.05) is 13.7 Å². The summed E-state index contributed by atoms with van der Waals surface area (Å²) in [6.07, 6.45) is -0.473. The molecule has 0 amide bonds. The molecule has 84 valence electrons. The molecule has 0 spiro atoms. The molecule has 0 heterocycles. The predicted molar refractivity (Wildman–Crippen MR) is 58.3 cm³/mol. The van der Waals surface area contributed by atoms with Gasteiger partial charge in [0.2, 0.25) is 0 Å². The molecule has 4 nitrogen and oxygen atoms in total. The molecule has 1 aromatic carbocycles. The van der Waals surface area contributed by atoms with Gasteiger partial charge >= 0.3 is 0 Å². The summed E-state index contributed by atoms with van der Waals surface area (Å²) in [6.45, 7) is 0.329. The second-order valence-corrected chi connectivity index (χ2v) is 3.58. The fraction of sp³-hybridized carbons (Fsp3) is 0.400. The largest absolute Gasteiger partial charge is 0.504 e. The number of aromatic hydroxyl groups is 1. The van der Waals surface area contributed by atoms with E-state index in [1.165, 1.54) is 19.2 Å². The SMILES string of the molecule is COc1cc(Cl)cc([C@@H](O)CCN)c1O. The number of ether oxygens (including phenoxy) is 1. The fourth-order valence-corrected chi connectivity index (χ4v) is 1.53. The number of aliphatic hydroxyl groups is 1. The Morgan fingerprint density at radius 3 is 2.73 bits per heavy atom. The number of hydrogen-bond acceptors (Lipinski definition) is 4. The smallest absolute Gasteiger partial charge is 0.163 e. The number of aliphatic hydroxyl groups excluding tert-OH is 1. The van der Waals surface area contributed by atoms with Crippen molar-refractivity contribution < 1.29 is 14.9 Å². The minimum Gasteiger partial charge on any atom is -0.504 e. The second kappa shape index (κ2) is 5.21. The number of halogens is 1. The van der Waals surface area contributed by atoms with Gasteiger partial charge in [0, 0.05) is 16.7 Å². The van der Waals surface area contributed by atoms with E-state index in [1.54, 1.807) is 0 Å². The molecule has 0 saturated carbocycles. The lowest BCUT2D eigenvalue weighted by Gasteiger charge is -2.14. The monoisotopic (exact) mass is 231 g/mol. The van der Waals surface area contributed by atoms with Crippen molar-refractivity contribution in [1.29, 1.82) is 0 Å². The molecule has 0 saturated heterocycles. The molecule has 5 heteroatoms. The van der Waals surface area contributed by atoms with Gasteiger partial charge in [-0.05, 0) is 19.0 Å². The van der Waals surface area contributed by atoms with E-state index in [4.69, 9.17) is 22.1 Å². The summed E-state index contributed by atoms with van der Waals surface area (Å²) in [5, 5.41) is 19.8. The van der Waals surface area contributed by atoms with Crippen LogP contribution in [0.3, 0.4) is 0 Å². The van der Waals surface area contributed by atoms with Crippen LogP contribution in [-0.2, 0) is 0 Å². The van der Waals surface area contributed by atoms with Crippen LogP contribution in [0.5, 0.6) is 11.5 Å². The summed E-state index contributed by atoms with van der Waals surface area (Å²) in [7, 11) is 1.42. The van der Waals surface area contributed by atoms with E-state index in [2.05, 4.69) is 0 Å². The van der Waals surface area contributed by atoms with Gasteiger partial charge < -0.3 is 20.7 Å². The van der Waals surface area contributed by atoms with Gasteiger partial charge in [-0.3, -0.25) is 0 Å². The molecule has 4 N–H and O–H groups in total. The number of methoxy groups -OCH3 is 1. The first-order valence-electron chi connectivity index (χ1n) is 4.54. The molecule has 0 bridgehead atoms. The van der Waals surface area contributed by atoms with E-state index in [0.717, 1.165) is 0 Å². The van der Waals surface area contributed by atoms with Gasteiger partial charge in [-0.15, -0.1) is 0 Å². The Morgan fingerprint density at radius 1 is 1.53 bits per heavy atom. The molecular formula is C10H14ClNO3. The normalized spacial score (nSPS) is 12.5. The van der Waals surface area contributed by atoms with Crippen molar-refractivity contribution in [3.63, 3.8) is 0 Å². The standard InChI is InChI=1S/C10H14ClNO3/c1-15-9-5-6(11)4-7(10(9)14)8(13)2-3-12/h4-5,8,13-14H,2-3,12H2,1H3/t8-/m0/s1. The molecule has 1 atom stereocenters. The number of hydrogen-bond donors (Lipinski definition) is 3. The van der Waals surface area contributed by atoms with Crippen molar-refractivity contribution in [3.8, 4) is 11.5 Å². The lowest BCUT2D eigenvalue weighted by atomic mass is 10.1. The zero-order chi connectivity index (χ0) is 11.4. The van der Waals surface area contributed by atoms with Gasteiger partial charge in [-0.25, -0.2) is 0 Å². The molecular weight excluding hydrogens is 218 g/mol. The number of nitrogens with two attached hydrogens (primary N) is 1. The summed E-state index contributed by atoms with van der Waals surface area (Å²) in [5.41, 5.74) is 5.66. The van der Waals surface area contributed by atoms with Crippen molar-refractivity contribution in [2.45, 2.75) is 12.5 Å². The zero-order valence-electron chi connectivity index (χ0n) is 8.40. The summed E-state index contributed by atoms with van der Waals surface area (Å²) >= 11 is 5.81. The summed E-state index contributed by atoms with van der Waals surface area (Å²) in [4.78, 5) is 0. The Labute approximate surface area is 93.2 Å². The summed E-state index contributed by atoms with van der Waals surface area (Å²) < 4.78 is 4.92. The molecule has 0 aliphatic carbocycles. The first-order valence-corrected chi connectivity index (χ1v) is 4.92. The van der Waals surface area contributed by atoms with Crippen LogP contribution >= 0.6 is 11.6 Å².